The first kappa shape index (κ1) is 83.2. The fourth-order valence-electron chi connectivity index (χ4n) is 14.7. The van der Waals surface area contributed by atoms with Crippen LogP contribution in [0.4, 0.5) is 8.78 Å². The van der Waals surface area contributed by atoms with Gasteiger partial charge in [0.15, 0.2) is 46.8 Å². The molecule has 8 aromatic carbocycles. The number of rotatable bonds is 8. The quantitative estimate of drug-likeness (QED) is 0.143. The lowest BCUT2D eigenvalue weighted by Crippen LogP contribution is -2.30. The maximum atomic E-state index is 13.3. The molecule has 111 heavy (non-hydrogen) atoms. The molecule has 17 rings (SSSR count). The van der Waals surface area contributed by atoms with Crippen molar-refractivity contribution in [2.45, 2.75) is 214 Å². The fourth-order valence-corrected chi connectivity index (χ4v) is 15.3. The van der Waals surface area contributed by atoms with Crippen LogP contribution in [0, 0.1) is 32.4 Å². The first-order valence-electron chi connectivity index (χ1n) is 37.6. The second kappa shape index (κ2) is 38.1. The van der Waals surface area contributed by atoms with Crippen molar-refractivity contribution in [3.63, 3.8) is 0 Å². The summed E-state index contributed by atoms with van der Waals surface area (Å²) in [5.74, 6) is -0.287. The smallest absolute Gasteiger partial charge is 0.168 e. The Kier molecular flexibility index (Phi) is 28.6. The molecular weight excluding hydrogens is 1450 g/mol. The van der Waals surface area contributed by atoms with E-state index in [1.165, 1.54) is 81.1 Å². The SMILES string of the molecule is CC1=NOC(c2c(C)cccc2C)C1.CC1=NOC(c2c(Cl)cccc2Cl)C1.CC1=NOC(c2c(F)cccc2F)C1.CC1=NO[C@@](C)(c2ccccc2)C1.CC1=NO[C@@](C)(c2ccccc2)C1.CC1=NO[C@@](C)(c2ccccc2)C1.CC1=NO[C@]2(CCCc3ccccc32)C1.COc1cccc(C)c1C1CC(C)=NO1. The minimum Gasteiger partial charge on any atom is -0.496 e. The van der Waals surface area contributed by atoms with Crippen LogP contribution in [-0.2, 0) is 67.5 Å². The van der Waals surface area contributed by atoms with Crippen LogP contribution in [0.25, 0.3) is 0 Å². The zero-order valence-electron chi connectivity index (χ0n) is 66.2. The van der Waals surface area contributed by atoms with Crippen molar-refractivity contribution in [1.29, 1.82) is 0 Å². The molecule has 0 aromatic heterocycles. The van der Waals surface area contributed by atoms with E-state index in [1.807, 2.05) is 121 Å². The van der Waals surface area contributed by atoms with Gasteiger partial charge in [-0.3, -0.25) is 0 Å². The first-order chi connectivity index (χ1) is 53.2. The van der Waals surface area contributed by atoms with Crippen LogP contribution >= 0.6 is 23.2 Å². The van der Waals surface area contributed by atoms with Crippen LogP contribution in [0.15, 0.2) is 229 Å². The predicted octanol–water partition coefficient (Wildman–Crippen LogP) is 23.7. The number of ether oxygens (including phenoxy) is 1. The van der Waals surface area contributed by atoms with Gasteiger partial charge in [-0.15, -0.1) is 0 Å². The summed E-state index contributed by atoms with van der Waals surface area (Å²) in [4.78, 5) is 42.9. The van der Waals surface area contributed by atoms with Gasteiger partial charge in [-0.2, -0.15) is 0 Å². The van der Waals surface area contributed by atoms with Crippen molar-refractivity contribution in [2.24, 2.45) is 41.2 Å². The van der Waals surface area contributed by atoms with E-state index in [0.717, 1.165) is 114 Å². The van der Waals surface area contributed by atoms with Gasteiger partial charge in [-0.05, 0) is 185 Å². The summed E-state index contributed by atoms with van der Waals surface area (Å²) in [6.07, 6.45) is 9.48. The minimum atomic E-state index is -0.615. The van der Waals surface area contributed by atoms with Crippen molar-refractivity contribution in [3.8, 4) is 5.75 Å². The third kappa shape index (κ3) is 21.7. The second-order valence-corrected chi connectivity index (χ2v) is 30.8. The molecule has 0 amide bonds. The van der Waals surface area contributed by atoms with Gasteiger partial charge < -0.3 is 43.4 Å². The average Bonchev–Trinajstić information content (AvgIpc) is 1.68. The van der Waals surface area contributed by atoms with Gasteiger partial charge in [0.2, 0.25) is 0 Å². The Labute approximate surface area is 662 Å². The number of halogens is 4. The summed E-state index contributed by atoms with van der Waals surface area (Å²) in [5, 5.41) is 32.8. The zero-order valence-corrected chi connectivity index (χ0v) is 67.8. The molecule has 21 heteroatoms. The maximum Gasteiger partial charge on any atom is 0.168 e. The molecule has 4 unspecified atom stereocenters. The molecule has 1 spiro atoms. The van der Waals surface area contributed by atoms with Crippen LogP contribution in [0.5, 0.6) is 5.75 Å². The van der Waals surface area contributed by atoms with Gasteiger partial charge >= 0.3 is 0 Å². The van der Waals surface area contributed by atoms with Crippen LogP contribution in [0.1, 0.15) is 232 Å². The average molecular weight is 1550 g/mol. The summed E-state index contributed by atoms with van der Waals surface area (Å²) in [6.45, 7) is 28.2. The normalized spacial score (nSPS) is 23.7. The molecule has 0 bridgehead atoms. The highest BCUT2D eigenvalue weighted by Gasteiger charge is 2.43. The standard InChI is InChI=1S/C13H15NO.C12H15NO2.C12H15NO.3C11H13NO.C10H9Cl2NO.C10H9F2NO/c1-10-9-13(15-14-10)8-4-6-11-5-2-3-7-12(11)13;1-8-5-4-6-10(14-3)12(8)11-7-9(2)13-15-11;1-8-5-4-6-9(2)12(8)11-7-10(3)13-14-11;3*1-9-8-11(2,13-12-9)10-6-4-3-5-7-10;2*1-6-5-9(14-13-6)10-7(11)3-2-4-8(10)12/h2-3,5,7H,4,6,8-9H2,1H3;4-6,11H,7H2,1-3H3;4-6,11H,7H2,1-3H3;3*3-7H,8H2,1-2H3;2*2-4,9H,5H2,1H3/t13-;;;3*11-;;/m1..111../s1. The van der Waals surface area contributed by atoms with Crippen molar-refractivity contribution >= 4 is 68.9 Å². The van der Waals surface area contributed by atoms with E-state index in [-0.39, 0.29) is 46.3 Å². The van der Waals surface area contributed by atoms with Crippen molar-refractivity contribution in [3.05, 3.63) is 276 Å². The molecule has 8 aromatic rings. The minimum absolute atomic E-state index is 0.0150. The molecule has 8 heterocycles. The predicted molar refractivity (Wildman–Crippen MR) is 440 cm³/mol. The molecule has 0 N–H and O–H groups in total. The molecule has 9 aliphatic rings. The summed E-state index contributed by atoms with van der Waals surface area (Å²) in [5.41, 5.74) is 20.6. The van der Waals surface area contributed by atoms with Crippen LogP contribution in [0.3, 0.4) is 0 Å². The number of methoxy groups -OCH3 is 1. The Morgan fingerprint density at radius 1 is 0.351 bits per heavy atom. The van der Waals surface area contributed by atoms with E-state index < -0.39 is 17.7 Å². The Morgan fingerprint density at radius 3 is 1.07 bits per heavy atom. The van der Waals surface area contributed by atoms with Crippen molar-refractivity contribution in [1.82, 2.24) is 0 Å². The molecule has 0 radical (unpaired) electrons. The molecular formula is C90H102Cl2F2N8O9. The maximum absolute atomic E-state index is 13.3. The molecule has 8 aliphatic heterocycles. The van der Waals surface area contributed by atoms with Gasteiger partial charge in [-0.25, -0.2) is 8.78 Å². The van der Waals surface area contributed by atoms with E-state index >= 15 is 0 Å². The summed E-state index contributed by atoms with van der Waals surface area (Å²) in [6, 6.07) is 60.8. The summed E-state index contributed by atoms with van der Waals surface area (Å²) in [7, 11) is 1.68. The van der Waals surface area contributed by atoms with E-state index in [0.29, 0.717) is 16.5 Å². The number of oxime groups is 8. The van der Waals surface area contributed by atoms with Gasteiger partial charge in [0.05, 0.1) is 58.4 Å². The Morgan fingerprint density at radius 2 is 0.694 bits per heavy atom. The van der Waals surface area contributed by atoms with Gasteiger partial charge in [0.1, 0.15) is 17.4 Å². The van der Waals surface area contributed by atoms with E-state index in [1.54, 1.807) is 26.2 Å². The van der Waals surface area contributed by atoms with Gasteiger partial charge in [-0.1, -0.05) is 222 Å². The van der Waals surface area contributed by atoms with Gasteiger partial charge in [0.25, 0.3) is 0 Å². The van der Waals surface area contributed by atoms with Crippen LogP contribution < -0.4 is 4.74 Å². The lowest BCUT2D eigenvalue weighted by molar-refractivity contribution is -0.0362. The highest BCUT2D eigenvalue weighted by Crippen LogP contribution is 2.45. The molecule has 0 saturated carbocycles. The number of fused-ring (bicyclic) bond motifs is 2. The van der Waals surface area contributed by atoms with E-state index in [2.05, 4.69) is 168 Å². The number of nitrogens with zero attached hydrogens (tertiary/aromatic N) is 8. The topological polar surface area (TPSA) is 182 Å². The largest absolute Gasteiger partial charge is 0.496 e. The number of hydrogen-bond donors (Lipinski definition) is 0. The highest BCUT2D eigenvalue weighted by atomic mass is 35.5. The molecule has 8 atom stereocenters. The van der Waals surface area contributed by atoms with Crippen LogP contribution in [0.2, 0.25) is 10.0 Å². The van der Waals surface area contributed by atoms with E-state index in [4.69, 9.17) is 66.6 Å². The molecule has 584 valence electrons. The molecule has 1 aliphatic carbocycles. The lowest BCUT2D eigenvalue weighted by Gasteiger charge is -2.33. The summed E-state index contributed by atoms with van der Waals surface area (Å²) >= 11 is 12.1. The number of aryl methyl sites for hydroxylation is 4. The summed E-state index contributed by atoms with van der Waals surface area (Å²) < 4.78 is 31.9. The van der Waals surface area contributed by atoms with Crippen molar-refractivity contribution in [2.75, 3.05) is 7.11 Å². The molecule has 0 saturated heterocycles. The Bertz CT molecular complexity index is 4370. The fraction of sp³-hybridized carbons (Fsp3) is 0.378. The van der Waals surface area contributed by atoms with E-state index in [9.17, 15) is 8.78 Å². The monoisotopic (exact) mass is 1550 g/mol. The Hall–Kier alpha value is -10.2. The highest BCUT2D eigenvalue weighted by molar-refractivity contribution is 6.36. The number of benzene rings is 8. The third-order valence-corrected chi connectivity index (χ3v) is 20.9. The van der Waals surface area contributed by atoms with Crippen LogP contribution in [-0.4, -0.2) is 52.8 Å². The second-order valence-electron chi connectivity index (χ2n) is 29.9. The molecule has 17 nitrogen and oxygen atoms in total. The van der Waals surface area contributed by atoms with Crippen molar-refractivity contribution < 1.29 is 52.2 Å². The Balaban J connectivity index is 0.000000135. The van der Waals surface area contributed by atoms with Gasteiger partial charge in [0, 0.05) is 83.7 Å². The molecule has 0 fully saturated rings. The lowest BCUT2D eigenvalue weighted by atomic mass is 9.77. The number of hydrogen-bond acceptors (Lipinski definition) is 17. The zero-order chi connectivity index (χ0) is 79.5. The first-order valence-corrected chi connectivity index (χ1v) is 38.4. The third-order valence-electron chi connectivity index (χ3n) is 20.2.